The van der Waals surface area contributed by atoms with Gasteiger partial charge in [0.05, 0.1) is 16.9 Å². The number of hydrogen-bond acceptors (Lipinski definition) is 4. The molecular weight excluding hydrogens is 230 g/mol. The summed E-state index contributed by atoms with van der Waals surface area (Å²) in [5, 5.41) is 15.4. The maximum atomic E-state index is 10.9. The van der Waals surface area contributed by atoms with E-state index < -0.39 is 5.97 Å². The van der Waals surface area contributed by atoms with Crippen molar-refractivity contribution in [2.45, 2.75) is 6.42 Å². The predicted molar refractivity (Wildman–Crippen MR) is 72.6 cm³/mol. The minimum absolute atomic E-state index is 0.332. The number of anilines is 2. The number of carboxylic acids is 1. The number of nitrogens with zero attached hydrogens (tertiary/aromatic N) is 1. The van der Waals surface area contributed by atoms with E-state index in [0.717, 1.165) is 44.0 Å². The first-order valence-corrected chi connectivity index (χ1v) is 6.23. The van der Waals surface area contributed by atoms with Gasteiger partial charge in [-0.3, -0.25) is 0 Å². The SMILES string of the molecule is CNCCCN1CCNc2cc(C(=O)O)ccc21. The number of hydrogen-bond donors (Lipinski definition) is 3. The zero-order valence-corrected chi connectivity index (χ0v) is 10.6. The van der Waals surface area contributed by atoms with Crippen LogP contribution in [0.4, 0.5) is 11.4 Å². The second-order valence-corrected chi connectivity index (χ2v) is 4.41. The molecule has 0 unspecified atom stereocenters. The molecule has 98 valence electrons. The molecule has 0 amide bonds. The van der Waals surface area contributed by atoms with Gasteiger partial charge in [-0.05, 0) is 38.2 Å². The topological polar surface area (TPSA) is 64.6 Å². The van der Waals surface area contributed by atoms with Gasteiger partial charge in [-0.15, -0.1) is 0 Å². The van der Waals surface area contributed by atoms with Gasteiger partial charge in [0.2, 0.25) is 0 Å². The third-order valence-corrected chi connectivity index (χ3v) is 3.14. The van der Waals surface area contributed by atoms with Crippen LogP contribution in [0.2, 0.25) is 0 Å². The Kier molecular flexibility index (Phi) is 4.04. The lowest BCUT2D eigenvalue weighted by Crippen LogP contribution is -2.35. The number of nitrogens with one attached hydrogen (secondary N) is 2. The summed E-state index contributed by atoms with van der Waals surface area (Å²) in [7, 11) is 1.95. The highest BCUT2D eigenvalue weighted by Gasteiger charge is 2.17. The summed E-state index contributed by atoms with van der Waals surface area (Å²) in [5.74, 6) is -0.882. The molecule has 1 aromatic rings. The van der Waals surface area contributed by atoms with Crippen LogP contribution in [-0.4, -0.2) is 44.3 Å². The highest BCUT2D eigenvalue weighted by Crippen LogP contribution is 2.29. The minimum atomic E-state index is -0.882. The summed E-state index contributed by atoms with van der Waals surface area (Å²) >= 11 is 0. The molecule has 1 aliphatic heterocycles. The molecule has 0 spiro atoms. The molecule has 0 aliphatic carbocycles. The molecule has 5 heteroatoms. The van der Waals surface area contributed by atoms with E-state index in [1.807, 2.05) is 13.1 Å². The fourth-order valence-electron chi connectivity index (χ4n) is 2.21. The van der Waals surface area contributed by atoms with E-state index in [2.05, 4.69) is 15.5 Å². The van der Waals surface area contributed by atoms with Crippen LogP contribution in [0.15, 0.2) is 18.2 Å². The Labute approximate surface area is 107 Å². The molecule has 0 saturated heterocycles. The second-order valence-electron chi connectivity index (χ2n) is 4.41. The Morgan fingerprint density at radius 3 is 3.11 bits per heavy atom. The van der Waals surface area contributed by atoms with Crippen molar-refractivity contribution in [2.75, 3.05) is 43.4 Å². The number of rotatable bonds is 5. The number of aromatic carboxylic acids is 1. The van der Waals surface area contributed by atoms with E-state index in [0.29, 0.717) is 5.56 Å². The first-order valence-electron chi connectivity index (χ1n) is 6.23. The van der Waals surface area contributed by atoms with Crippen LogP contribution in [0, 0.1) is 0 Å². The summed E-state index contributed by atoms with van der Waals surface area (Å²) in [5.41, 5.74) is 2.35. The molecule has 0 atom stereocenters. The van der Waals surface area contributed by atoms with E-state index in [-0.39, 0.29) is 0 Å². The Bertz CT molecular complexity index is 434. The van der Waals surface area contributed by atoms with Crippen molar-refractivity contribution in [3.05, 3.63) is 23.8 Å². The third kappa shape index (κ3) is 2.73. The molecular formula is C13H19N3O2. The van der Waals surface area contributed by atoms with Crippen LogP contribution >= 0.6 is 0 Å². The van der Waals surface area contributed by atoms with Crippen LogP contribution in [-0.2, 0) is 0 Å². The number of carboxylic acid groups (broad SMARTS) is 1. The Morgan fingerprint density at radius 2 is 2.39 bits per heavy atom. The van der Waals surface area contributed by atoms with Crippen molar-refractivity contribution in [3.8, 4) is 0 Å². The molecule has 0 fully saturated rings. The lowest BCUT2D eigenvalue weighted by atomic mass is 10.1. The molecule has 1 aromatic carbocycles. The maximum Gasteiger partial charge on any atom is 0.335 e. The molecule has 0 saturated carbocycles. The zero-order chi connectivity index (χ0) is 13.0. The van der Waals surface area contributed by atoms with E-state index in [4.69, 9.17) is 5.11 Å². The minimum Gasteiger partial charge on any atom is -0.478 e. The number of carbonyl (C=O) groups is 1. The molecule has 2 rings (SSSR count). The Balaban J connectivity index is 2.14. The lowest BCUT2D eigenvalue weighted by molar-refractivity contribution is 0.0697. The zero-order valence-electron chi connectivity index (χ0n) is 10.6. The highest BCUT2D eigenvalue weighted by atomic mass is 16.4. The quantitative estimate of drug-likeness (QED) is 0.685. The van der Waals surface area contributed by atoms with E-state index in [9.17, 15) is 4.79 Å². The van der Waals surface area contributed by atoms with Gasteiger partial charge in [-0.1, -0.05) is 0 Å². The van der Waals surface area contributed by atoms with Gasteiger partial charge in [0, 0.05) is 19.6 Å². The summed E-state index contributed by atoms with van der Waals surface area (Å²) in [6.07, 6.45) is 1.08. The standard InChI is InChI=1S/C13H19N3O2/c1-14-5-2-7-16-8-6-15-11-9-10(13(17)18)3-4-12(11)16/h3-4,9,14-15H,2,5-8H2,1H3,(H,17,18). The molecule has 1 heterocycles. The van der Waals surface area contributed by atoms with Gasteiger partial charge in [0.15, 0.2) is 0 Å². The summed E-state index contributed by atoms with van der Waals surface area (Å²) in [6, 6.07) is 5.27. The number of fused-ring (bicyclic) bond motifs is 1. The van der Waals surface area contributed by atoms with E-state index in [1.165, 1.54) is 0 Å². The molecule has 18 heavy (non-hydrogen) atoms. The average molecular weight is 249 g/mol. The van der Waals surface area contributed by atoms with Gasteiger partial charge in [-0.25, -0.2) is 4.79 Å². The molecule has 5 nitrogen and oxygen atoms in total. The van der Waals surface area contributed by atoms with Crippen LogP contribution in [0.5, 0.6) is 0 Å². The smallest absolute Gasteiger partial charge is 0.335 e. The van der Waals surface area contributed by atoms with Crippen molar-refractivity contribution in [1.29, 1.82) is 0 Å². The molecule has 1 aliphatic rings. The van der Waals surface area contributed by atoms with E-state index >= 15 is 0 Å². The van der Waals surface area contributed by atoms with Crippen LogP contribution in [0.1, 0.15) is 16.8 Å². The molecule has 0 aromatic heterocycles. The first-order chi connectivity index (χ1) is 8.72. The highest BCUT2D eigenvalue weighted by molar-refractivity contribution is 5.91. The van der Waals surface area contributed by atoms with Crippen LogP contribution < -0.4 is 15.5 Å². The van der Waals surface area contributed by atoms with Crippen molar-refractivity contribution < 1.29 is 9.90 Å². The van der Waals surface area contributed by atoms with Crippen molar-refractivity contribution >= 4 is 17.3 Å². The fraction of sp³-hybridized carbons (Fsp3) is 0.462. The average Bonchev–Trinajstić information content (AvgIpc) is 2.38. The lowest BCUT2D eigenvalue weighted by Gasteiger charge is -2.32. The Morgan fingerprint density at radius 1 is 1.56 bits per heavy atom. The molecule has 0 bridgehead atoms. The third-order valence-electron chi connectivity index (χ3n) is 3.14. The van der Waals surface area contributed by atoms with Crippen LogP contribution in [0.25, 0.3) is 0 Å². The fourth-order valence-corrected chi connectivity index (χ4v) is 2.21. The van der Waals surface area contributed by atoms with Gasteiger partial charge in [-0.2, -0.15) is 0 Å². The van der Waals surface area contributed by atoms with Gasteiger partial charge in [0.1, 0.15) is 0 Å². The van der Waals surface area contributed by atoms with Crippen LogP contribution in [0.3, 0.4) is 0 Å². The summed E-state index contributed by atoms with van der Waals surface area (Å²) in [4.78, 5) is 13.2. The summed E-state index contributed by atoms with van der Waals surface area (Å²) in [6.45, 7) is 3.80. The van der Waals surface area contributed by atoms with Crippen molar-refractivity contribution in [2.24, 2.45) is 0 Å². The number of benzene rings is 1. The second kappa shape index (κ2) is 5.73. The first kappa shape index (κ1) is 12.7. The summed E-state index contributed by atoms with van der Waals surface area (Å²) < 4.78 is 0. The van der Waals surface area contributed by atoms with E-state index in [1.54, 1.807) is 12.1 Å². The predicted octanol–water partition coefficient (Wildman–Crippen LogP) is 1.23. The molecule has 3 N–H and O–H groups in total. The van der Waals surface area contributed by atoms with Gasteiger partial charge < -0.3 is 20.6 Å². The van der Waals surface area contributed by atoms with Crippen molar-refractivity contribution in [3.63, 3.8) is 0 Å². The normalized spacial score (nSPS) is 13.9. The van der Waals surface area contributed by atoms with Gasteiger partial charge in [0.25, 0.3) is 0 Å². The molecule has 0 radical (unpaired) electrons. The Hall–Kier alpha value is -1.75. The van der Waals surface area contributed by atoms with Gasteiger partial charge >= 0.3 is 5.97 Å². The largest absolute Gasteiger partial charge is 0.478 e. The van der Waals surface area contributed by atoms with Crippen molar-refractivity contribution in [1.82, 2.24) is 5.32 Å². The maximum absolute atomic E-state index is 10.9. The monoisotopic (exact) mass is 249 g/mol.